The van der Waals surface area contributed by atoms with Crippen molar-refractivity contribution < 1.29 is 19.4 Å². The quantitative estimate of drug-likeness (QED) is 0.382. The molecule has 0 heterocycles. The molecule has 0 aliphatic rings. The van der Waals surface area contributed by atoms with Gasteiger partial charge in [-0.1, -0.05) is 30.3 Å². The van der Waals surface area contributed by atoms with Gasteiger partial charge in [0.25, 0.3) is 0 Å². The summed E-state index contributed by atoms with van der Waals surface area (Å²) in [4.78, 5) is 36.2. The predicted octanol–water partition coefficient (Wildman–Crippen LogP) is 1.45. The van der Waals surface area contributed by atoms with Crippen molar-refractivity contribution >= 4 is 23.6 Å². The number of benzene rings is 2. The molecule has 0 aromatic heterocycles. The van der Waals surface area contributed by atoms with Crippen molar-refractivity contribution in [3.05, 3.63) is 65.7 Å². The highest BCUT2D eigenvalue weighted by atomic mass is 17.2. The Bertz CT molecular complexity index is 708. The van der Waals surface area contributed by atoms with E-state index in [2.05, 4.69) is 14.8 Å². The van der Waals surface area contributed by atoms with Crippen LogP contribution in [-0.4, -0.2) is 17.9 Å². The van der Waals surface area contributed by atoms with E-state index in [9.17, 15) is 9.59 Å². The number of hydrogen-bond acceptors (Lipinski definition) is 5. The van der Waals surface area contributed by atoms with Crippen LogP contribution in [0.25, 0.3) is 0 Å². The summed E-state index contributed by atoms with van der Waals surface area (Å²) in [6.45, 7) is 0. The zero-order chi connectivity index (χ0) is 16.7. The molecule has 0 radical (unpaired) electrons. The van der Waals surface area contributed by atoms with E-state index in [-0.39, 0.29) is 17.9 Å². The summed E-state index contributed by atoms with van der Waals surface area (Å²) in [7, 11) is 0. The van der Waals surface area contributed by atoms with Crippen molar-refractivity contribution in [3.63, 3.8) is 0 Å². The van der Waals surface area contributed by atoms with E-state index in [1.807, 2.05) is 6.07 Å². The maximum absolute atomic E-state index is 11.8. The van der Waals surface area contributed by atoms with Crippen LogP contribution in [0.5, 0.6) is 0 Å². The third-order valence-electron chi connectivity index (χ3n) is 2.76. The van der Waals surface area contributed by atoms with Crippen LogP contribution in [0, 0.1) is 0 Å². The van der Waals surface area contributed by atoms with E-state index in [1.165, 1.54) is 24.3 Å². The first kappa shape index (κ1) is 16.0. The normalized spacial score (nSPS) is 9.74. The van der Waals surface area contributed by atoms with Crippen molar-refractivity contribution in [1.82, 2.24) is 0 Å². The Kier molecular flexibility index (Phi) is 5.30. The van der Waals surface area contributed by atoms with Gasteiger partial charge in [-0.25, -0.2) is 24.4 Å². The first-order valence-electron chi connectivity index (χ1n) is 6.70. The van der Waals surface area contributed by atoms with E-state index in [0.717, 1.165) is 5.56 Å². The maximum Gasteiger partial charge on any atom is 0.386 e. The van der Waals surface area contributed by atoms with Gasteiger partial charge in [-0.2, -0.15) is 0 Å². The van der Waals surface area contributed by atoms with E-state index < -0.39 is 11.9 Å². The molecule has 0 fully saturated rings. The molecule has 7 nitrogen and oxygen atoms in total. The average Bonchev–Trinajstić information content (AvgIpc) is 2.54. The van der Waals surface area contributed by atoms with Gasteiger partial charge in [0.15, 0.2) is 5.96 Å². The van der Waals surface area contributed by atoms with Gasteiger partial charge in [0, 0.05) is 0 Å². The second kappa shape index (κ2) is 7.60. The zero-order valence-corrected chi connectivity index (χ0v) is 12.1. The van der Waals surface area contributed by atoms with E-state index in [0.29, 0.717) is 5.69 Å². The number of aliphatic imine (C=N–C) groups is 1. The minimum absolute atomic E-state index is 0.0115. The molecule has 0 amide bonds. The molecule has 0 saturated heterocycles. The fourth-order valence-corrected chi connectivity index (χ4v) is 1.75. The van der Waals surface area contributed by atoms with Crippen molar-refractivity contribution in [2.45, 2.75) is 6.42 Å². The molecule has 2 aromatic carbocycles. The first-order chi connectivity index (χ1) is 11.0. The third kappa shape index (κ3) is 5.16. The minimum atomic E-state index is -0.789. The second-order valence-corrected chi connectivity index (χ2v) is 4.57. The van der Waals surface area contributed by atoms with E-state index >= 15 is 0 Å². The topological polar surface area (TPSA) is 117 Å². The summed E-state index contributed by atoms with van der Waals surface area (Å²) < 4.78 is 0. The first-order valence-corrected chi connectivity index (χ1v) is 6.70. The summed E-state index contributed by atoms with van der Waals surface area (Å²) in [5.74, 6) is -1.54. The van der Waals surface area contributed by atoms with Gasteiger partial charge < -0.3 is 11.5 Å². The number of nitrogens with zero attached hydrogens (tertiary/aromatic N) is 1. The molecule has 118 valence electrons. The van der Waals surface area contributed by atoms with Crippen molar-refractivity contribution in [3.8, 4) is 0 Å². The highest BCUT2D eigenvalue weighted by Gasteiger charge is 2.12. The molecule has 0 spiro atoms. The Morgan fingerprint density at radius 1 is 0.913 bits per heavy atom. The molecular formula is C16H15N3O4. The van der Waals surface area contributed by atoms with Crippen LogP contribution >= 0.6 is 0 Å². The highest BCUT2D eigenvalue weighted by molar-refractivity contribution is 5.90. The van der Waals surface area contributed by atoms with Crippen LogP contribution in [0.2, 0.25) is 0 Å². The molecule has 23 heavy (non-hydrogen) atoms. The van der Waals surface area contributed by atoms with Crippen LogP contribution in [0.15, 0.2) is 59.6 Å². The lowest BCUT2D eigenvalue weighted by molar-refractivity contribution is -0.233. The van der Waals surface area contributed by atoms with Gasteiger partial charge in [-0.3, -0.25) is 0 Å². The lowest BCUT2D eigenvalue weighted by atomic mass is 10.2. The van der Waals surface area contributed by atoms with Gasteiger partial charge in [0.05, 0.1) is 17.7 Å². The maximum atomic E-state index is 11.8. The summed E-state index contributed by atoms with van der Waals surface area (Å²) >= 11 is 0. The largest absolute Gasteiger partial charge is 0.386 e. The van der Waals surface area contributed by atoms with Gasteiger partial charge in [-0.15, -0.1) is 0 Å². The molecule has 2 rings (SSSR count). The molecule has 0 saturated carbocycles. The van der Waals surface area contributed by atoms with Crippen LogP contribution in [0.3, 0.4) is 0 Å². The van der Waals surface area contributed by atoms with Crippen molar-refractivity contribution in [1.29, 1.82) is 0 Å². The summed E-state index contributed by atoms with van der Waals surface area (Å²) in [5.41, 5.74) is 11.9. The molecule has 0 atom stereocenters. The lowest BCUT2D eigenvalue weighted by Crippen LogP contribution is -2.21. The van der Waals surface area contributed by atoms with E-state index in [1.54, 1.807) is 24.3 Å². The minimum Gasteiger partial charge on any atom is -0.370 e. The van der Waals surface area contributed by atoms with Gasteiger partial charge >= 0.3 is 11.9 Å². The van der Waals surface area contributed by atoms with Crippen molar-refractivity contribution in [2.24, 2.45) is 16.5 Å². The molecule has 0 aliphatic carbocycles. The SMILES string of the molecule is NC(N)=Nc1ccc(C(=O)OOC(=O)Cc2ccccc2)cc1. The number of rotatable bonds is 4. The van der Waals surface area contributed by atoms with Gasteiger partial charge in [-0.05, 0) is 29.8 Å². The van der Waals surface area contributed by atoms with Crippen LogP contribution in [0.1, 0.15) is 15.9 Å². The summed E-state index contributed by atoms with van der Waals surface area (Å²) in [6.07, 6.45) is 0.0115. The Hall–Kier alpha value is -3.35. The van der Waals surface area contributed by atoms with Gasteiger partial charge in [0.2, 0.25) is 0 Å². The smallest absolute Gasteiger partial charge is 0.370 e. The zero-order valence-electron chi connectivity index (χ0n) is 12.1. The molecule has 2 aromatic rings. The molecular weight excluding hydrogens is 298 g/mol. The standard InChI is InChI=1S/C16H15N3O4/c17-16(18)19-13-8-6-12(7-9-13)15(21)23-22-14(20)10-11-4-2-1-3-5-11/h1-9H,10H2,(H4,17,18,19). The number of hydrogen-bond donors (Lipinski definition) is 2. The van der Waals surface area contributed by atoms with Crippen molar-refractivity contribution in [2.75, 3.05) is 0 Å². The summed E-state index contributed by atoms with van der Waals surface area (Å²) in [6, 6.07) is 14.9. The fraction of sp³-hybridized carbons (Fsp3) is 0.0625. The Morgan fingerprint density at radius 2 is 1.57 bits per heavy atom. The predicted molar refractivity (Wildman–Crippen MR) is 83.6 cm³/mol. The molecule has 7 heteroatoms. The number of carbonyl (C=O) groups is 2. The molecule has 0 unspecified atom stereocenters. The number of carbonyl (C=O) groups excluding carboxylic acids is 2. The Labute approximate surface area is 132 Å². The Balaban J connectivity index is 1.87. The number of nitrogens with two attached hydrogens (primary N) is 2. The monoisotopic (exact) mass is 313 g/mol. The highest BCUT2D eigenvalue weighted by Crippen LogP contribution is 2.13. The average molecular weight is 313 g/mol. The second-order valence-electron chi connectivity index (χ2n) is 4.57. The van der Waals surface area contributed by atoms with Gasteiger partial charge in [0.1, 0.15) is 0 Å². The summed E-state index contributed by atoms with van der Waals surface area (Å²) in [5, 5.41) is 0. The van der Waals surface area contributed by atoms with Crippen LogP contribution < -0.4 is 11.5 Å². The molecule has 4 N–H and O–H groups in total. The van der Waals surface area contributed by atoms with Crippen LogP contribution in [-0.2, 0) is 21.0 Å². The van der Waals surface area contributed by atoms with Crippen LogP contribution in [0.4, 0.5) is 5.69 Å². The Morgan fingerprint density at radius 3 is 2.17 bits per heavy atom. The molecule has 0 aliphatic heterocycles. The molecule has 0 bridgehead atoms. The van der Waals surface area contributed by atoms with E-state index in [4.69, 9.17) is 11.5 Å². The lowest BCUT2D eigenvalue weighted by Gasteiger charge is -2.04. The number of guanidine groups is 1. The fourth-order valence-electron chi connectivity index (χ4n) is 1.75. The third-order valence-corrected chi connectivity index (χ3v) is 2.76.